The Kier molecular flexibility index (Phi) is 4.78. The minimum atomic E-state index is -4.41. The summed E-state index contributed by atoms with van der Waals surface area (Å²) >= 11 is 0. The van der Waals surface area contributed by atoms with Crippen LogP contribution in [0.3, 0.4) is 0 Å². The Balaban J connectivity index is 2.08. The first-order valence-corrected chi connectivity index (χ1v) is 8.18. The molecule has 1 N–H and O–H groups in total. The lowest BCUT2D eigenvalue weighted by molar-refractivity contribution is -0.137. The average Bonchev–Trinajstić information content (AvgIpc) is 2.91. The summed E-state index contributed by atoms with van der Waals surface area (Å²) < 4.78 is 41.0. The summed E-state index contributed by atoms with van der Waals surface area (Å²) in [5.41, 5.74) is 2.42. The predicted octanol–water partition coefficient (Wildman–Crippen LogP) is 4.90. The number of fused-ring (bicyclic) bond motifs is 1. The molecule has 0 radical (unpaired) electrons. The summed E-state index contributed by atoms with van der Waals surface area (Å²) in [6.45, 7) is 3.32. The second kappa shape index (κ2) is 6.90. The summed E-state index contributed by atoms with van der Waals surface area (Å²) in [5.74, 6) is -1.04. The third kappa shape index (κ3) is 4.02. The zero-order valence-corrected chi connectivity index (χ0v) is 14.7. The van der Waals surface area contributed by atoms with E-state index in [-0.39, 0.29) is 12.1 Å². The van der Waals surface area contributed by atoms with Crippen LogP contribution < -0.4 is 0 Å². The molecular weight excluding hydrogens is 357 g/mol. The summed E-state index contributed by atoms with van der Waals surface area (Å²) in [7, 11) is 0. The molecule has 140 valence electrons. The molecule has 0 saturated heterocycles. The Labute approximate surface area is 153 Å². The molecule has 0 amide bonds. The van der Waals surface area contributed by atoms with Crippen molar-refractivity contribution in [1.82, 2.24) is 9.55 Å². The number of aromatic nitrogens is 2. The van der Waals surface area contributed by atoms with Crippen molar-refractivity contribution in [3.8, 4) is 0 Å². The van der Waals surface area contributed by atoms with E-state index in [0.717, 1.165) is 17.6 Å². The zero-order valence-electron chi connectivity index (χ0n) is 14.7. The Hall–Kier alpha value is -3.09. The van der Waals surface area contributed by atoms with Crippen LogP contribution in [0.4, 0.5) is 13.2 Å². The van der Waals surface area contributed by atoms with Crippen molar-refractivity contribution in [2.75, 3.05) is 0 Å². The van der Waals surface area contributed by atoms with Gasteiger partial charge in [-0.2, -0.15) is 13.2 Å². The molecule has 0 bridgehead atoms. The Bertz CT molecular complexity index is 1050. The lowest BCUT2D eigenvalue weighted by atomic mass is 10.1. The van der Waals surface area contributed by atoms with E-state index >= 15 is 0 Å². The molecule has 0 aliphatic carbocycles. The van der Waals surface area contributed by atoms with Gasteiger partial charge in [-0.3, -0.25) is 4.98 Å². The summed E-state index contributed by atoms with van der Waals surface area (Å²) in [5, 5.41) is 9.09. The predicted molar refractivity (Wildman–Crippen MR) is 96.3 cm³/mol. The maximum absolute atomic E-state index is 13.1. The van der Waals surface area contributed by atoms with Crippen LogP contribution in [0.25, 0.3) is 17.1 Å². The molecule has 0 saturated carbocycles. The summed E-state index contributed by atoms with van der Waals surface area (Å²) in [6, 6.07) is 7.48. The molecule has 0 fully saturated rings. The quantitative estimate of drug-likeness (QED) is 0.661. The van der Waals surface area contributed by atoms with Crippen molar-refractivity contribution in [3.63, 3.8) is 0 Å². The maximum atomic E-state index is 13.1. The van der Waals surface area contributed by atoms with E-state index in [9.17, 15) is 18.0 Å². The van der Waals surface area contributed by atoms with E-state index in [1.54, 1.807) is 42.1 Å². The molecule has 0 unspecified atom stereocenters. The van der Waals surface area contributed by atoms with Crippen molar-refractivity contribution >= 4 is 23.1 Å². The maximum Gasteiger partial charge on any atom is 0.416 e. The highest BCUT2D eigenvalue weighted by molar-refractivity contribution is 5.95. The third-order valence-electron chi connectivity index (χ3n) is 4.19. The molecule has 0 atom stereocenters. The fraction of sp³-hybridized carbons (Fsp3) is 0.200. The van der Waals surface area contributed by atoms with Crippen molar-refractivity contribution in [2.45, 2.75) is 26.6 Å². The molecule has 0 spiro atoms. The first-order valence-electron chi connectivity index (χ1n) is 8.18. The molecule has 27 heavy (non-hydrogen) atoms. The van der Waals surface area contributed by atoms with E-state index in [4.69, 9.17) is 5.11 Å². The molecule has 4 nitrogen and oxygen atoms in total. The number of benzene rings is 1. The van der Waals surface area contributed by atoms with Gasteiger partial charge in [0.2, 0.25) is 0 Å². The Morgan fingerprint density at radius 3 is 2.70 bits per heavy atom. The highest BCUT2D eigenvalue weighted by atomic mass is 19.4. The van der Waals surface area contributed by atoms with Crippen LogP contribution in [0.2, 0.25) is 0 Å². The first-order chi connectivity index (χ1) is 12.6. The van der Waals surface area contributed by atoms with Crippen LogP contribution in [0.5, 0.6) is 0 Å². The largest absolute Gasteiger partial charge is 0.478 e. The number of carbonyl (C=O) groups is 1. The van der Waals surface area contributed by atoms with Gasteiger partial charge in [-0.15, -0.1) is 0 Å². The molecule has 0 aliphatic rings. The van der Waals surface area contributed by atoms with Gasteiger partial charge in [-0.25, -0.2) is 4.79 Å². The summed E-state index contributed by atoms with van der Waals surface area (Å²) in [4.78, 5) is 15.4. The topological polar surface area (TPSA) is 55.1 Å². The molecule has 3 aromatic rings. The molecule has 0 aliphatic heterocycles. The van der Waals surface area contributed by atoms with Crippen molar-refractivity contribution in [1.29, 1.82) is 0 Å². The van der Waals surface area contributed by atoms with Crippen LogP contribution >= 0.6 is 0 Å². The van der Waals surface area contributed by atoms with Crippen molar-refractivity contribution < 1.29 is 23.1 Å². The van der Waals surface area contributed by atoms with Gasteiger partial charge < -0.3 is 9.67 Å². The first kappa shape index (κ1) is 18.7. The second-order valence-electron chi connectivity index (χ2n) is 6.42. The van der Waals surface area contributed by atoms with E-state index in [0.29, 0.717) is 22.2 Å². The van der Waals surface area contributed by atoms with Gasteiger partial charge >= 0.3 is 12.1 Å². The lowest BCUT2D eigenvalue weighted by Crippen LogP contribution is -2.07. The van der Waals surface area contributed by atoms with Gasteiger partial charge in [0.15, 0.2) is 0 Å². The number of carboxylic acids is 1. The average molecular weight is 374 g/mol. The number of halogens is 3. The highest BCUT2D eigenvalue weighted by Gasteiger charge is 2.30. The number of hydrogen-bond donors (Lipinski definition) is 1. The standard InChI is InChI=1S/C20H17F3N2O2/c1-12-6-14(9-16(7-12)20(21,22)23)10-25-11-15(8-13(2)19(26)27)18-17(25)4-3-5-24-18/h3-9,11H,10H2,1-2H3,(H,26,27)/b13-8+. The smallest absolute Gasteiger partial charge is 0.416 e. The molecule has 1 aromatic carbocycles. The van der Waals surface area contributed by atoms with E-state index < -0.39 is 17.7 Å². The molecular formula is C20H17F3N2O2. The van der Waals surface area contributed by atoms with Gasteiger partial charge in [0.25, 0.3) is 0 Å². The minimum absolute atomic E-state index is 0.148. The number of aryl methyl sites for hydroxylation is 1. The van der Waals surface area contributed by atoms with Crippen LogP contribution in [-0.4, -0.2) is 20.6 Å². The summed E-state index contributed by atoms with van der Waals surface area (Å²) in [6.07, 6.45) is 0.396. The van der Waals surface area contributed by atoms with Crippen molar-refractivity contribution in [2.24, 2.45) is 0 Å². The lowest BCUT2D eigenvalue weighted by Gasteiger charge is -2.12. The number of pyridine rings is 1. The molecule has 2 heterocycles. The number of alkyl halides is 3. The SMILES string of the molecule is C/C(=C\c1cn(Cc2cc(C)cc(C(F)(F)F)c2)c2cccnc12)C(=O)O. The van der Waals surface area contributed by atoms with Gasteiger partial charge in [-0.1, -0.05) is 11.6 Å². The van der Waals surface area contributed by atoms with E-state index in [2.05, 4.69) is 4.98 Å². The van der Waals surface area contributed by atoms with E-state index in [1.807, 2.05) is 0 Å². The number of aliphatic carboxylic acids is 1. The van der Waals surface area contributed by atoms with Crippen LogP contribution in [-0.2, 0) is 17.5 Å². The fourth-order valence-corrected chi connectivity index (χ4v) is 3.00. The zero-order chi connectivity index (χ0) is 19.8. The van der Waals surface area contributed by atoms with Crippen LogP contribution in [0, 0.1) is 6.92 Å². The van der Waals surface area contributed by atoms with Gasteiger partial charge in [-0.05, 0) is 49.8 Å². The monoisotopic (exact) mass is 374 g/mol. The number of nitrogens with zero attached hydrogens (tertiary/aromatic N) is 2. The second-order valence-corrected chi connectivity index (χ2v) is 6.42. The Morgan fingerprint density at radius 1 is 1.30 bits per heavy atom. The number of carboxylic acid groups (broad SMARTS) is 1. The number of hydrogen-bond acceptors (Lipinski definition) is 2. The van der Waals surface area contributed by atoms with Gasteiger partial charge in [0, 0.05) is 30.1 Å². The van der Waals surface area contributed by atoms with Gasteiger partial charge in [0.1, 0.15) is 0 Å². The number of rotatable bonds is 4. The fourth-order valence-electron chi connectivity index (χ4n) is 3.00. The van der Waals surface area contributed by atoms with E-state index in [1.165, 1.54) is 13.0 Å². The third-order valence-corrected chi connectivity index (χ3v) is 4.19. The van der Waals surface area contributed by atoms with Crippen LogP contribution in [0.1, 0.15) is 29.2 Å². The minimum Gasteiger partial charge on any atom is -0.478 e. The Morgan fingerprint density at radius 2 is 2.04 bits per heavy atom. The molecule has 2 aromatic heterocycles. The molecule has 3 rings (SSSR count). The highest BCUT2D eigenvalue weighted by Crippen LogP contribution is 2.31. The molecule has 7 heteroatoms. The van der Waals surface area contributed by atoms with Crippen LogP contribution in [0.15, 0.2) is 48.3 Å². The van der Waals surface area contributed by atoms with Gasteiger partial charge in [0.05, 0.1) is 16.6 Å². The normalized spacial score (nSPS) is 12.6. The van der Waals surface area contributed by atoms with Crippen molar-refractivity contribution in [3.05, 3.63) is 70.6 Å².